The molecule has 2 heterocycles. The van der Waals surface area contributed by atoms with Gasteiger partial charge in [0.2, 0.25) is 11.8 Å². The topological polar surface area (TPSA) is 62.3 Å². The highest BCUT2D eigenvalue weighted by Gasteiger charge is 2.29. The van der Waals surface area contributed by atoms with Crippen LogP contribution in [0.15, 0.2) is 53.7 Å². The van der Waals surface area contributed by atoms with Crippen molar-refractivity contribution in [1.29, 1.82) is 0 Å². The van der Waals surface area contributed by atoms with E-state index < -0.39 is 0 Å². The maximum absolute atomic E-state index is 12.7. The summed E-state index contributed by atoms with van der Waals surface area (Å²) in [6.45, 7) is 3.65. The molecule has 0 saturated carbocycles. The molecule has 0 radical (unpaired) electrons. The van der Waals surface area contributed by atoms with Crippen molar-refractivity contribution in [3.63, 3.8) is 0 Å². The summed E-state index contributed by atoms with van der Waals surface area (Å²) in [4.78, 5) is 32.1. The van der Waals surface area contributed by atoms with E-state index in [1.54, 1.807) is 12.4 Å². The second-order valence-electron chi connectivity index (χ2n) is 6.89. The average Bonchev–Trinajstić information content (AvgIpc) is 2.74. The van der Waals surface area contributed by atoms with Gasteiger partial charge in [-0.2, -0.15) is 0 Å². The zero-order valence-electron chi connectivity index (χ0n) is 15.8. The highest BCUT2D eigenvalue weighted by atomic mass is 35.5. The Morgan fingerprint density at radius 1 is 1.25 bits per heavy atom. The first kappa shape index (κ1) is 20.7. The average molecular weight is 418 g/mol. The molecule has 0 spiro atoms. The fourth-order valence-electron chi connectivity index (χ4n) is 3.22. The van der Waals surface area contributed by atoms with Crippen molar-refractivity contribution in [2.45, 2.75) is 36.5 Å². The number of carbonyl (C=O) groups is 2. The van der Waals surface area contributed by atoms with Gasteiger partial charge in [0.05, 0.1) is 5.25 Å². The molecule has 3 rings (SSSR count). The summed E-state index contributed by atoms with van der Waals surface area (Å²) in [5.74, 6) is 0.133. The fraction of sp³-hybridized carbons (Fsp3) is 0.381. The minimum atomic E-state index is -0.169. The van der Waals surface area contributed by atoms with E-state index in [1.807, 2.05) is 48.2 Å². The Hall–Kier alpha value is -2.05. The van der Waals surface area contributed by atoms with Gasteiger partial charge < -0.3 is 10.2 Å². The summed E-state index contributed by atoms with van der Waals surface area (Å²) in [6.07, 6.45) is 4.86. The lowest BCUT2D eigenvalue weighted by Gasteiger charge is -2.33. The molecule has 1 atom stereocenters. The lowest BCUT2D eigenvalue weighted by atomic mass is 9.95. The summed E-state index contributed by atoms with van der Waals surface area (Å²) in [7, 11) is 0. The summed E-state index contributed by atoms with van der Waals surface area (Å²) in [6, 6.07) is 11.3. The van der Waals surface area contributed by atoms with Gasteiger partial charge in [-0.15, -0.1) is 11.8 Å². The van der Waals surface area contributed by atoms with Crippen LogP contribution in [0.1, 0.15) is 25.3 Å². The smallest absolute Gasteiger partial charge is 0.235 e. The predicted octanol–water partition coefficient (Wildman–Crippen LogP) is 3.77. The monoisotopic (exact) mass is 417 g/mol. The first-order valence-electron chi connectivity index (χ1n) is 9.40. The van der Waals surface area contributed by atoms with Crippen LogP contribution < -0.4 is 5.32 Å². The first-order chi connectivity index (χ1) is 13.5. The number of thioether (sulfide) groups is 1. The van der Waals surface area contributed by atoms with Crippen molar-refractivity contribution in [3.05, 3.63) is 59.4 Å². The van der Waals surface area contributed by atoms with Crippen LogP contribution in [0.3, 0.4) is 0 Å². The normalized spacial score (nSPS) is 15.9. The van der Waals surface area contributed by atoms with Crippen LogP contribution in [-0.2, 0) is 16.1 Å². The quantitative estimate of drug-likeness (QED) is 0.726. The molecular weight excluding hydrogens is 394 g/mol. The molecule has 7 heteroatoms. The molecule has 1 fully saturated rings. The molecule has 1 aliphatic heterocycles. The number of pyridine rings is 1. The van der Waals surface area contributed by atoms with Crippen LogP contribution >= 0.6 is 23.4 Å². The molecule has 1 aromatic heterocycles. The van der Waals surface area contributed by atoms with Gasteiger partial charge in [-0.25, -0.2) is 0 Å². The van der Waals surface area contributed by atoms with Crippen LogP contribution in [0.2, 0.25) is 5.02 Å². The predicted molar refractivity (Wildman–Crippen MR) is 112 cm³/mol. The molecule has 148 valence electrons. The van der Waals surface area contributed by atoms with Crippen molar-refractivity contribution in [1.82, 2.24) is 15.2 Å². The van der Waals surface area contributed by atoms with Crippen LogP contribution in [-0.4, -0.2) is 40.0 Å². The summed E-state index contributed by atoms with van der Waals surface area (Å²) < 4.78 is 0. The van der Waals surface area contributed by atoms with Gasteiger partial charge >= 0.3 is 0 Å². The zero-order chi connectivity index (χ0) is 19.9. The Bertz CT molecular complexity index is 793. The Labute approximate surface area is 174 Å². The largest absolute Gasteiger partial charge is 0.352 e. The first-order valence-corrected chi connectivity index (χ1v) is 10.7. The number of nitrogens with zero attached hydrogens (tertiary/aromatic N) is 2. The molecule has 1 N–H and O–H groups in total. The van der Waals surface area contributed by atoms with Crippen LogP contribution in [0.5, 0.6) is 0 Å². The molecular formula is C21H24ClN3O2S. The number of hydrogen-bond acceptors (Lipinski definition) is 4. The van der Waals surface area contributed by atoms with E-state index in [2.05, 4.69) is 10.3 Å². The van der Waals surface area contributed by atoms with E-state index in [4.69, 9.17) is 11.6 Å². The van der Waals surface area contributed by atoms with Crippen molar-refractivity contribution in [2.24, 2.45) is 5.92 Å². The van der Waals surface area contributed by atoms with Gasteiger partial charge in [0.15, 0.2) is 0 Å². The van der Waals surface area contributed by atoms with Crippen LogP contribution in [0.4, 0.5) is 0 Å². The molecule has 2 amide bonds. The van der Waals surface area contributed by atoms with Crippen LogP contribution in [0.25, 0.3) is 0 Å². The second kappa shape index (κ2) is 9.94. The molecule has 28 heavy (non-hydrogen) atoms. The minimum Gasteiger partial charge on any atom is -0.352 e. The lowest BCUT2D eigenvalue weighted by molar-refractivity contribution is -0.135. The SMILES string of the molecule is CC(Sc1ccc(Cl)cc1)C(=O)N1CCC(C(=O)NCc2cccnc2)CC1. The third-order valence-electron chi connectivity index (χ3n) is 4.84. The number of nitrogens with one attached hydrogen (secondary N) is 1. The summed E-state index contributed by atoms with van der Waals surface area (Å²) in [5.41, 5.74) is 0.983. The molecule has 1 aliphatic rings. The van der Waals surface area contributed by atoms with Crippen molar-refractivity contribution in [2.75, 3.05) is 13.1 Å². The fourth-order valence-corrected chi connectivity index (χ4v) is 4.30. The minimum absolute atomic E-state index is 0.0417. The molecule has 1 unspecified atom stereocenters. The van der Waals surface area contributed by atoms with Gasteiger partial charge in [-0.05, 0) is 55.7 Å². The summed E-state index contributed by atoms with van der Waals surface area (Å²) >= 11 is 7.44. The van der Waals surface area contributed by atoms with Gasteiger partial charge in [0.1, 0.15) is 0 Å². The standard InChI is InChI=1S/C21H24ClN3O2S/c1-15(28-19-6-4-18(22)5-7-19)21(27)25-11-8-17(9-12-25)20(26)24-14-16-3-2-10-23-13-16/h2-7,10,13,15,17H,8-9,11-12,14H2,1H3,(H,24,26). The Kier molecular flexibility index (Phi) is 7.34. The Balaban J connectivity index is 1.44. The number of piperidine rings is 1. The van der Waals surface area contributed by atoms with Gasteiger partial charge in [0, 0.05) is 47.9 Å². The van der Waals surface area contributed by atoms with Gasteiger partial charge in [0.25, 0.3) is 0 Å². The number of rotatable bonds is 6. The molecule has 0 aliphatic carbocycles. The summed E-state index contributed by atoms with van der Waals surface area (Å²) in [5, 5.41) is 3.49. The third-order valence-corrected chi connectivity index (χ3v) is 6.19. The molecule has 1 aromatic carbocycles. The maximum atomic E-state index is 12.7. The highest BCUT2D eigenvalue weighted by molar-refractivity contribution is 8.00. The molecule has 2 aromatic rings. The molecule has 5 nitrogen and oxygen atoms in total. The number of likely N-dealkylation sites (tertiary alicyclic amines) is 1. The third kappa shape index (κ3) is 5.72. The number of amides is 2. The Morgan fingerprint density at radius 3 is 2.61 bits per heavy atom. The van der Waals surface area contributed by atoms with E-state index in [0.29, 0.717) is 37.5 Å². The van der Waals surface area contributed by atoms with E-state index in [9.17, 15) is 9.59 Å². The van der Waals surface area contributed by atoms with E-state index in [0.717, 1.165) is 10.5 Å². The molecule has 1 saturated heterocycles. The van der Waals surface area contributed by atoms with Crippen molar-refractivity contribution in [3.8, 4) is 0 Å². The number of hydrogen-bond donors (Lipinski definition) is 1. The van der Waals surface area contributed by atoms with E-state index in [1.165, 1.54) is 11.8 Å². The number of aromatic nitrogens is 1. The van der Waals surface area contributed by atoms with Crippen molar-refractivity contribution < 1.29 is 9.59 Å². The number of carbonyl (C=O) groups excluding carboxylic acids is 2. The second-order valence-corrected chi connectivity index (χ2v) is 8.74. The van der Waals surface area contributed by atoms with E-state index >= 15 is 0 Å². The highest BCUT2D eigenvalue weighted by Crippen LogP contribution is 2.27. The maximum Gasteiger partial charge on any atom is 0.235 e. The van der Waals surface area contributed by atoms with Gasteiger partial charge in [-0.1, -0.05) is 17.7 Å². The van der Waals surface area contributed by atoms with E-state index in [-0.39, 0.29) is 23.0 Å². The molecule has 0 bridgehead atoms. The van der Waals surface area contributed by atoms with Gasteiger partial charge in [-0.3, -0.25) is 14.6 Å². The van der Waals surface area contributed by atoms with Crippen molar-refractivity contribution >= 4 is 35.2 Å². The lowest BCUT2D eigenvalue weighted by Crippen LogP contribution is -2.45. The number of halogens is 1. The number of benzene rings is 1. The van der Waals surface area contributed by atoms with Crippen LogP contribution in [0, 0.1) is 5.92 Å². The Morgan fingerprint density at radius 2 is 1.96 bits per heavy atom. The zero-order valence-corrected chi connectivity index (χ0v) is 17.4.